The SMILES string of the molecule is CN/C=C(/C#N)C(=N)N. The van der Waals surface area contributed by atoms with Gasteiger partial charge in [-0.05, 0) is 0 Å². The van der Waals surface area contributed by atoms with Crippen molar-refractivity contribution in [2.75, 3.05) is 7.05 Å². The van der Waals surface area contributed by atoms with Gasteiger partial charge in [0.15, 0.2) is 0 Å². The van der Waals surface area contributed by atoms with Gasteiger partial charge < -0.3 is 11.1 Å². The van der Waals surface area contributed by atoms with Gasteiger partial charge in [-0.25, -0.2) is 0 Å². The molecule has 0 saturated heterocycles. The van der Waals surface area contributed by atoms with Gasteiger partial charge in [-0.15, -0.1) is 0 Å². The van der Waals surface area contributed by atoms with Gasteiger partial charge in [0, 0.05) is 13.2 Å². The van der Waals surface area contributed by atoms with E-state index in [0.717, 1.165) is 0 Å². The van der Waals surface area contributed by atoms with Crippen molar-refractivity contribution in [1.29, 1.82) is 10.7 Å². The molecule has 0 aromatic heterocycles. The first kappa shape index (κ1) is 7.50. The highest BCUT2D eigenvalue weighted by atomic mass is 14.8. The summed E-state index contributed by atoms with van der Waals surface area (Å²) in [5, 5.41) is 17.6. The van der Waals surface area contributed by atoms with Crippen LogP contribution in [0.4, 0.5) is 0 Å². The predicted molar refractivity (Wildman–Crippen MR) is 34.7 cm³/mol. The van der Waals surface area contributed by atoms with E-state index in [-0.39, 0.29) is 11.4 Å². The van der Waals surface area contributed by atoms with Gasteiger partial charge in [-0.1, -0.05) is 0 Å². The maximum atomic E-state index is 8.25. The highest BCUT2D eigenvalue weighted by Gasteiger charge is 1.94. The summed E-state index contributed by atoms with van der Waals surface area (Å²) in [5.41, 5.74) is 5.14. The first-order valence-corrected chi connectivity index (χ1v) is 2.34. The Bertz CT molecular complexity index is 174. The minimum absolute atomic E-state index is 0.150. The number of amidine groups is 1. The molecule has 0 spiro atoms. The topological polar surface area (TPSA) is 85.7 Å². The lowest BCUT2D eigenvalue weighted by Crippen LogP contribution is -2.13. The van der Waals surface area contributed by atoms with Crippen molar-refractivity contribution in [3.8, 4) is 6.07 Å². The van der Waals surface area contributed by atoms with Gasteiger partial charge in [-0.2, -0.15) is 5.26 Å². The lowest BCUT2D eigenvalue weighted by Gasteiger charge is -1.91. The molecule has 4 nitrogen and oxygen atoms in total. The van der Waals surface area contributed by atoms with Crippen LogP contribution in [0.25, 0.3) is 0 Å². The summed E-state index contributed by atoms with van der Waals surface area (Å²) >= 11 is 0. The van der Waals surface area contributed by atoms with Crippen molar-refractivity contribution in [3.05, 3.63) is 11.8 Å². The number of hydrogen-bond acceptors (Lipinski definition) is 3. The second kappa shape index (κ2) is 3.50. The van der Waals surface area contributed by atoms with E-state index in [2.05, 4.69) is 5.32 Å². The number of nitriles is 1. The van der Waals surface area contributed by atoms with Crippen molar-refractivity contribution in [2.24, 2.45) is 5.73 Å². The molecule has 0 aliphatic rings. The monoisotopic (exact) mass is 124 g/mol. The zero-order valence-electron chi connectivity index (χ0n) is 5.10. The molecule has 0 aliphatic heterocycles. The van der Waals surface area contributed by atoms with E-state index in [9.17, 15) is 0 Å². The molecule has 4 N–H and O–H groups in total. The Labute approximate surface area is 53.5 Å². The summed E-state index contributed by atoms with van der Waals surface area (Å²) in [6.07, 6.45) is 1.38. The molecule has 0 rings (SSSR count). The Morgan fingerprint density at radius 1 is 1.89 bits per heavy atom. The van der Waals surface area contributed by atoms with Crippen LogP contribution >= 0.6 is 0 Å². The van der Waals surface area contributed by atoms with Gasteiger partial charge in [-0.3, -0.25) is 5.41 Å². The van der Waals surface area contributed by atoms with E-state index in [0.29, 0.717) is 0 Å². The van der Waals surface area contributed by atoms with E-state index >= 15 is 0 Å². The highest BCUT2D eigenvalue weighted by Crippen LogP contribution is 1.85. The Hall–Kier alpha value is -1.50. The summed E-state index contributed by atoms with van der Waals surface area (Å²) in [6, 6.07) is 1.75. The summed E-state index contributed by atoms with van der Waals surface area (Å²) < 4.78 is 0. The molecule has 9 heavy (non-hydrogen) atoms. The van der Waals surface area contributed by atoms with Gasteiger partial charge in [0.1, 0.15) is 17.5 Å². The van der Waals surface area contributed by atoms with Crippen LogP contribution in [0, 0.1) is 16.7 Å². The Balaban J connectivity index is 4.20. The third kappa shape index (κ3) is 2.34. The lowest BCUT2D eigenvalue weighted by molar-refractivity contribution is 1.09. The molecule has 0 radical (unpaired) electrons. The number of rotatable bonds is 2. The fourth-order valence-corrected chi connectivity index (χ4v) is 0.315. The third-order valence-corrected chi connectivity index (χ3v) is 0.699. The molecule has 4 heteroatoms. The van der Waals surface area contributed by atoms with Gasteiger partial charge in [0.05, 0.1) is 0 Å². The maximum absolute atomic E-state index is 8.25. The highest BCUT2D eigenvalue weighted by molar-refractivity contribution is 5.97. The zero-order chi connectivity index (χ0) is 7.28. The smallest absolute Gasteiger partial charge is 0.135 e. The van der Waals surface area contributed by atoms with Crippen LogP contribution in [0.5, 0.6) is 0 Å². The average Bonchev–Trinajstić information content (AvgIpc) is 1.82. The number of hydrogen-bond donors (Lipinski definition) is 3. The van der Waals surface area contributed by atoms with Crippen molar-refractivity contribution in [3.63, 3.8) is 0 Å². The van der Waals surface area contributed by atoms with Crippen LogP contribution in [-0.2, 0) is 0 Å². The van der Waals surface area contributed by atoms with E-state index in [1.165, 1.54) is 6.20 Å². The lowest BCUT2D eigenvalue weighted by atomic mass is 10.3. The number of nitrogens with one attached hydrogen (secondary N) is 2. The van der Waals surface area contributed by atoms with Crippen LogP contribution in [0.3, 0.4) is 0 Å². The summed E-state index contributed by atoms with van der Waals surface area (Å²) in [5.74, 6) is -0.216. The first-order chi connectivity index (χ1) is 4.22. The van der Waals surface area contributed by atoms with Crippen molar-refractivity contribution in [1.82, 2.24) is 5.32 Å². The minimum atomic E-state index is -0.216. The fraction of sp³-hybridized carbons (Fsp3) is 0.200. The average molecular weight is 124 g/mol. The van der Waals surface area contributed by atoms with E-state index in [1.807, 2.05) is 0 Å². The molecule has 0 aromatic carbocycles. The van der Waals surface area contributed by atoms with Crippen LogP contribution in [0.15, 0.2) is 11.8 Å². The molecule has 0 aromatic rings. The molecule has 0 aliphatic carbocycles. The first-order valence-electron chi connectivity index (χ1n) is 2.34. The van der Waals surface area contributed by atoms with Gasteiger partial charge in [0.25, 0.3) is 0 Å². The van der Waals surface area contributed by atoms with Gasteiger partial charge >= 0.3 is 0 Å². The minimum Gasteiger partial charge on any atom is -0.393 e. The van der Waals surface area contributed by atoms with Crippen molar-refractivity contribution < 1.29 is 0 Å². The standard InChI is InChI=1S/C5H8N4/c1-9-3-4(2-6)5(7)8/h3,9H,1H3,(H3,7,8)/b4-3-. The quantitative estimate of drug-likeness (QED) is 0.265. The van der Waals surface area contributed by atoms with E-state index in [4.69, 9.17) is 16.4 Å². The third-order valence-electron chi connectivity index (χ3n) is 0.699. The Morgan fingerprint density at radius 2 is 2.44 bits per heavy atom. The number of nitrogens with two attached hydrogens (primary N) is 1. The largest absolute Gasteiger partial charge is 0.393 e. The predicted octanol–water partition coefficient (Wildman–Crippen LogP) is -0.451. The second-order valence-corrected chi connectivity index (χ2v) is 1.37. The normalized spacial score (nSPS) is 10.0. The molecule has 0 saturated carbocycles. The summed E-state index contributed by atoms with van der Waals surface area (Å²) in [4.78, 5) is 0. The molecule has 0 fully saturated rings. The van der Waals surface area contributed by atoms with Crippen molar-refractivity contribution in [2.45, 2.75) is 0 Å². The Kier molecular flexibility index (Phi) is 2.91. The molecule has 0 unspecified atom stereocenters. The van der Waals surface area contributed by atoms with E-state index < -0.39 is 0 Å². The molecule has 48 valence electrons. The Morgan fingerprint density at radius 3 is 2.56 bits per heavy atom. The van der Waals surface area contributed by atoms with Crippen LogP contribution in [0.1, 0.15) is 0 Å². The van der Waals surface area contributed by atoms with Crippen LogP contribution in [0.2, 0.25) is 0 Å². The molecular formula is C5H8N4. The summed E-state index contributed by atoms with van der Waals surface area (Å²) in [7, 11) is 1.64. The number of nitrogens with zero attached hydrogens (tertiary/aromatic N) is 1. The second-order valence-electron chi connectivity index (χ2n) is 1.37. The molecular weight excluding hydrogens is 116 g/mol. The molecule has 0 amide bonds. The van der Waals surface area contributed by atoms with E-state index in [1.54, 1.807) is 13.1 Å². The van der Waals surface area contributed by atoms with Crippen LogP contribution < -0.4 is 11.1 Å². The van der Waals surface area contributed by atoms with Crippen molar-refractivity contribution >= 4 is 5.84 Å². The molecule has 0 bridgehead atoms. The zero-order valence-corrected chi connectivity index (χ0v) is 5.10. The van der Waals surface area contributed by atoms with Crippen LogP contribution in [-0.4, -0.2) is 12.9 Å². The van der Waals surface area contributed by atoms with Gasteiger partial charge in [0.2, 0.25) is 0 Å². The summed E-state index contributed by atoms with van der Waals surface area (Å²) in [6.45, 7) is 0. The molecule has 0 heterocycles. The maximum Gasteiger partial charge on any atom is 0.135 e. The fourth-order valence-electron chi connectivity index (χ4n) is 0.315. The molecule has 0 atom stereocenters.